The third-order valence-electron chi connectivity index (χ3n) is 2.78. The van der Waals surface area contributed by atoms with Crippen LogP contribution in [-0.2, 0) is 4.84 Å². The summed E-state index contributed by atoms with van der Waals surface area (Å²) < 4.78 is 0. The molecule has 1 aliphatic heterocycles. The van der Waals surface area contributed by atoms with Gasteiger partial charge in [0, 0.05) is 6.21 Å². The van der Waals surface area contributed by atoms with Gasteiger partial charge in [-0.25, -0.2) is 0 Å². The van der Waals surface area contributed by atoms with Crippen molar-refractivity contribution in [2.45, 2.75) is 44.6 Å². The Hall–Kier alpha value is -0.530. The van der Waals surface area contributed by atoms with Gasteiger partial charge in [0.05, 0.1) is 0 Å². The Morgan fingerprint density at radius 1 is 1.18 bits per heavy atom. The van der Waals surface area contributed by atoms with E-state index in [9.17, 15) is 0 Å². The Balaban J connectivity index is 1.88. The Morgan fingerprint density at radius 2 is 2.00 bits per heavy atom. The molecular formula is C9H15NO. The first-order valence-electron chi connectivity index (χ1n) is 4.64. The number of hydrogen-bond acceptors (Lipinski definition) is 2. The van der Waals surface area contributed by atoms with Crippen LogP contribution in [0.5, 0.6) is 0 Å². The van der Waals surface area contributed by atoms with E-state index < -0.39 is 0 Å². The van der Waals surface area contributed by atoms with Gasteiger partial charge in [0.1, 0.15) is 6.10 Å². The Morgan fingerprint density at radius 3 is 2.64 bits per heavy atom. The summed E-state index contributed by atoms with van der Waals surface area (Å²) in [6.07, 6.45) is 10.1. The maximum Gasteiger partial charge on any atom is 0.130 e. The highest BCUT2D eigenvalue weighted by Crippen LogP contribution is 2.32. The lowest BCUT2D eigenvalue weighted by atomic mass is 9.97. The fraction of sp³-hybridized carbons (Fsp3) is 0.889. The van der Waals surface area contributed by atoms with Gasteiger partial charge in [-0.3, -0.25) is 0 Å². The summed E-state index contributed by atoms with van der Waals surface area (Å²) in [6.45, 7) is 0. The van der Waals surface area contributed by atoms with E-state index in [0.29, 0.717) is 6.10 Å². The zero-order valence-electron chi connectivity index (χ0n) is 6.83. The van der Waals surface area contributed by atoms with Crippen LogP contribution in [0.15, 0.2) is 5.16 Å². The van der Waals surface area contributed by atoms with Crippen LogP contribution in [0.25, 0.3) is 0 Å². The first-order valence-corrected chi connectivity index (χ1v) is 4.64. The van der Waals surface area contributed by atoms with Crippen LogP contribution in [-0.4, -0.2) is 12.3 Å². The van der Waals surface area contributed by atoms with Crippen molar-refractivity contribution >= 4 is 6.21 Å². The van der Waals surface area contributed by atoms with E-state index in [2.05, 4.69) is 5.16 Å². The van der Waals surface area contributed by atoms with Crippen LogP contribution >= 0.6 is 0 Å². The smallest absolute Gasteiger partial charge is 0.130 e. The predicted octanol–water partition coefficient (Wildman–Crippen LogP) is 2.34. The standard InChI is InChI=1S/C9H15NO/c1-2-5-8(4-1)9-6-3-7-10-11-9/h7-9H,1-6H2. The highest BCUT2D eigenvalue weighted by Gasteiger charge is 2.27. The van der Waals surface area contributed by atoms with Crippen molar-refractivity contribution in [3.05, 3.63) is 0 Å². The van der Waals surface area contributed by atoms with Crippen molar-refractivity contribution < 1.29 is 4.84 Å². The number of nitrogens with zero attached hydrogens (tertiary/aromatic N) is 1. The largest absolute Gasteiger partial charge is 0.392 e. The maximum absolute atomic E-state index is 5.33. The summed E-state index contributed by atoms with van der Waals surface area (Å²) in [6, 6.07) is 0. The molecule has 1 saturated carbocycles. The summed E-state index contributed by atoms with van der Waals surface area (Å²) in [4.78, 5) is 5.33. The lowest BCUT2D eigenvalue weighted by Crippen LogP contribution is -2.22. The van der Waals surface area contributed by atoms with Gasteiger partial charge in [-0.1, -0.05) is 18.0 Å². The molecule has 0 amide bonds. The Bertz CT molecular complexity index is 150. The molecule has 0 bridgehead atoms. The van der Waals surface area contributed by atoms with E-state index >= 15 is 0 Å². The Labute approximate surface area is 67.6 Å². The van der Waals surface area contributed by atoms with Gasteiger partial charge in [0.25, 0.3) is 0 Å². The number of hydrogen-bond donors (Lipinski definition) is 0. The molecule has 0 aromatic carbocycles. The second kappa shape index (κ2) is 3.24. The molecule has 0 aromatic heterocycles. The molecule has 62 valence electrons. The third kappa shape index (κ3) is 1.55. The molecule has 2 aliphatic rings. The molecule has 0 spiro atoms. The normalized spacial score (nSPS) is 32.2. The van der Waals surface area contributed by atoms with Gasteiger partial charge in [0.2, 0.25) is 0 Å². The zero-order chi connectivity index (χ0) is 7.52. The minimum atomic E-state index is 0.447. The van der Waals surface area contributed by atoms with Crippen LogP contribution in [0.1, 0.15) is 38.5 Å². The average molecular weight is 153 g/mol. The molecule has 0 N–H and O–H groups in total. The molecule has 1 unspecified atom stereocenters. The van der Waals surface area contributed by atoms with Gasteiger partial charge in [-0.15, -0.1) is 0 Å². The molecule has 1 heterocycles. The third-order valence-corrected chi connectivity index (χ3v) is 2.78. The van der Waals surface area contributed by atoms with Crippen molar-refractivity contribution in [3.63, 3.8) is 0 Å². The van der Waals surface area contributed by atoms with Crippen molar-refractivity contribution in [3.8, 4) is 0 Å². The molecule has 1 fully saturated rings. The average Bonchev–Trinajstić information content (AvgIpc) is 2.58. The van der Waals surface area contributed by atoms with Crippen LogP contribution in [0.3, 0.4) is 0 Å². The molecule has 2 rings (SSSR count). The quantitative estimate of drug-likeness (QED) is 0.566. The molecule has 1 atom stereocenters. The van der Waals surface area contributed by atoms with Crippen molar-refractivity contribution in [1.82, 2.24) is 0 Å². The molecule has 0 radical (unpaired) electrons. The minimum absolute atomic E-state index is 0.447. The van der Waals surface area contributed by atoms with E-state index in [-0.39, 0.29) is 0 Å². The molecule has 2 heteroatoms. The highest BCUT2D eigenvalue weighted by atomic mass is 16.6. The monoisotopic (exact) mass is 153 g/mol. The summed E-state index contributed by atoms with van der Waals surface area (Å²) in [7, 11) is 0. The van der Waals surface area contributed by atoms with Crippen LogP contribution in [0.4, 0.5) is 0 Å². The van der Waals surface area contributed by atoms with E-state index in [4.69, 9.17) is 4.84 Å². The second-order valence-electron chi connectivity index (χ2n) is 3.55. The van der Waals surface area contributed by atoms with E-state index in [0.717, 1.165) is 12.3 Å². The molecular weight excluding hydrogens is 138 g/mol. The molecule has 0 saturated heterocycles. The number of rotatable bonds is 1. The predicted molar refractivity (Wildman–Crippen MR) is 44.6 cm³/mol. The molecule has 1 aliphatic carbocycles. The van der Waals surface area contributed by atoms with E-state index in [1.807, 2.05) is 6.21 Å². The molecule has 2 nitrogen and oxygen atoms in total. The first kappa shape index (κ1) is 7.14. The lowest BCUT2D eigenvalue weighted by molar-refractivity contribution is 0.00596. The highest BCUT2D eigenvalue weighted by molar-refractivity contribution is 5.56. The topological polar surface area (TPSA) is 21.6 Å². The van der Waals surface area contributed by atoms with Crippen molar-refractivity contribution in [2.24, 2.45) is 11.1 Å². The molecule has 0 aromatic rings. The summed E-state index contributed by atoms with van der Waals surface area (Å²) in [5.74, 6) is 0.812. The lowest BCUT2D eigenvalue weighted by Gasteiger charge is -2.22. The van der Waals surface area contributed by atoms with Crippen LogP contribution in [0, 0.1) is 5.92 Å². The number of oxime groups is 1. The maximum atomic E-state index is 5.33. The first-order chi connectivity index (χ1) is 5.47. The van der Waals surface area contributed by atoms with Crippen LogP contribution < -0.4 is 0 Å². The van der Waals surface area contributed by atoms with E-state index in [1.54, 1.807) is 0 Å². The zero-order valence-corrected chi connectivity index (χ0v) is 6.83. The van der Waals surface area contributed by atoms with Gasteiger partial charge < -0.3 is 4.84 Å². The van der Waals surface area contributed by atoms with Crippen molar-refractivity contribution in [2.75, 3.05) is 0 Å². The second-order valence-corrected chi connectivity index (χ2v) is 3.55. The fourth-order valence-corrected chi connectivity index (χ4v) is 2.12. The minimum Gasteiger partial charge on any atom is -0.392 e. The van der Waals surface area contributed by atoms with Crippen LogP contribution in [0.2, 0.25) is 0 Å². The van der Waals surface area contributed by atoms with Gasteiger partial charge in [-0.05, 0) is 31.6 Å². The van der Waals surface area contributed by atoms with E-state index in [1.165, 1.54) is 32.1 Å². The van der Waals surface area contributed by atoms with Crippen molar-refractivity contribution in [1.29, 1.82) is 0 Å². The fourth-order valence-electron chi connectivity index (χ4n) is 2.12. The molecule has 11 heavy (non-hydrogen) atoms. The summed E-state index contributed by atoms with van der Waals surface area (Å²) in [5, 5.41) is 3.88. The Kier molecular flexibility index (Phi) is 2.11. The van der Waals surface area contributed by atoms with Gasteiger partial charge in [-0.2, -0.15) is 0 Å². The SMILES string of the molecule is C1=NOC(C2CCCC2)CC1. The summed E-state index contributed by atoms with van der Waals surface area (Å²) >= 11 is 0. The van der Waals surface area contributed by atoms with Gasteiger partial charge >= 0.3 is 0 Å². The van der Waals surface area contributed by atoms with Gasteiger partial charge in [0.15, 0.2) is 0 Å². The summed E-state index contributed by atoms with van der Waals surface area (Å²) in [5.41, 5.74) is 0.